The molecule has 154 valence electrons. The predicted molar refractivity (Wildman–Crippen MR) is 120 cm³/mol. The monoisotopic (exact) mass is 423 g/mol. The normalized spacial score (nSPS) is 18.7. The fourth-order valence-electron chi connectivity index (χ4n) is 3.81. The Balaban J connectivity index is 1.64. The lowest BCUT2D eigenvalue weighted by Crippen LogP contribution is -2.54. The van der Waals surface area contributed by atoms with Crippen LogP contribution in [0.3, 0.4) is 0 Å². The van der Waals surface area contributed by atoms with Gasteiger partial charge in [-0.3, -0.25) is 19.8 Å². The zero-order valence-corrected chi connectivity index (χ0v) is 17.5. The molecule has 0 unspecified atom stereocenters. The average Bonchev–Trinajstić information content (AvgIpc) is 2.74. The number of piperidine rings is 1. The number of thiocarbonyl (C=S) groups is 1. The van der Waals surface area contributed by atoms with Crippen LogP contribution in [0.25, 0.3) is 6.08 Å². The number of amides is 2. The van der Waals surface area contributed by atoms with Crippen molar-refractivity contribution in [1.82, 2.24) is 5.32 Å². The van der Waals surface area contributed by atoms with Gasteiger partial charge in [-0.15, -0.1) is 0 Å². The molecule has 0 saturated carbocycles. The molecule has 0 aromatic heterocycles. The number of benzene rings is 2. The Kier molecular flexibility index (Phi) is 5.63. The first kappa shape index (κ1) is 20.2. The molecule has 2 saturated heterocycles. The summed E-state index contributed by atoms with van der Waals surface area (Å²) in [7, 11) is 0. The topological polar surface area (TPSA) is 52.7 Å². The number of anilines is 2. The van der Waals surface area contributed by atoms with E-state index in [4.69, 9.17) is 12.2 Å². The molecular weight excluding hydrogens is 401 g/mol. The molecule has 7 heteroatoms. The van der Waals surface area contributed by atoms with Gasteiger partial charge in [0.25, 0.3) is 11.8 Å². The number of nitrogens with one attached hydrogen (secondary N) is 1. The van der Waals surface area contributed by atoms with Gasteiger partial charge in [-0.1, -0.05) is 6.07 Å². The van der Waals surface area contributed by atoms with E-state index < -0.39 is 17.6 Å². The summed E-state index contributed by atoms with van der Waals surface area (Å²) in [6.45, 7) is 4.06. The van der Waals surface area contributed by atoms with Gasteiger partial charge in [0.1, 0.15) is 11.4 Å². The molecule has 2 aliphatic rings. The molecule has 1 N–H and O–H groups in total. The zero-order valence-electron chi connectivity index (χ0n) is 16.7. The van der Waals surface area contributed by atoms with Crippen LogP contribution in [0.4, 0.5) is 15.8 Å². The lowest BCUT2D eigenvalue weighted by Gasteiger charge is -2.30. The summed E-state index contributed by atoms with van der Waals surface area (Å²) in [6, 6.07) is 11.4. The van der Waals surface area contributed by atoms with Crippen molar-refractivity contribution in [1.29, 1.82) is 0 Å². The second-order valence-corrected chi connectivity index (χ2v) is 7.91. The molecule has 0 atom stereocenters. The summed E-state index contributed by atoms with van der Waals surface area (Å²) in [4.78, 5) is 29.1. The minimum Gasteiger partial charge on any atom is -0.372 e. The minimum atomic E-state index is -0.539. The van der Waals surface area contributed by atoms with Crippen LogP contribution < -0.4 is 15.1 Å². The molecule has 2 aliphatic heterocycles. The molecule has 2 heterocycles. The van der Waals surface area contributed by atoms with Crippen LogP contribution in [0.15, 0.2) is 48.0 Å². The second kappa shape index (κ2) is 8.36. The maximum Gasteiger partial charge on any atom is 0.270 e. The molecule has 4 rings (SSSR count). The van der Waals surface area contributed by atoms with E-state index in [0.29, 0.717) is 5.69 Å². The highest BCUT2D eigenvalue weighted by Gasteiger charge is 2.34. The third kappa shape index (κ3) is 3.98. The molecule has 0 radical (unpaired) electrons. The molecule has 2 aromatic rings. The summed E-state index contributed by atoms with van der Waals surface area (Å²) >= 11 is 5.18. The molecule has 30 heavy (non-hydrogen) atoms. The Hall–Kier alpha value is -3.06. The number of carbonyl (C=O) groups excluding carboxylic acids is 2. The van der Waals surface area contributed by atoms with Crippen molar-refractivity contribution in [2.75, 3.05) is 22.9 Å². The van der Waals surface area contributed by atoms with E-state index in [1.165, 1.54) is 48.4 Å². The number of hydrogen-bond donors (Lipinski definition) is 1. The smallest absolute Gasteiger partial charge is 0.270 e. The van der Waals surface area contributed by atoms with Gasteiger partial charge in [-0.2, -0.15) is 0 Å². The summed E-state index contributed by atoms with van der Waals surface area (Å²) in [5, 5.41) is 2.53. The first-order valence-electron chi connectivity index (χ1n) is 9.96. The Morgan fingerprint density at radius 3 is 2.33 bits per heavy atom. The van der Waals surface area contributed by atoms with Crippen molar-refractivity contribution in [3.63, 3.8) is 0 Å². The standard InChI is InChI=1S/C23H22FN3O2S/c1-15-13-19(26-11-3-2-4-12-26)8-5-16(15)14-20-21(28)25-23(30)27(22(20)29)18-9-6-17(24)7-10-18/h5-10,13-14H,2-4,11-12H2,1H3,(H,25,28,30). The van der Waals surface area contributed by atoms with Crippen molar-refractivity contribution < 1.29 is 14.0 Å². The molecular formula is C23H22FN3O2S. The van der Waals surface area contributed by atoms with E-state index in [1.54, 1.807) is 6.08 Å². The Morgan fingerprint density at radius 1 is 1.00 bits per heavy atom. The number of rotatable bonds is 3. The van der Waals surface area contributed by atoms with Gasteiger partial charge in [0, 0.05) is 18.8 Å². The summed E-state index contributed by atoms with van der Waals surface area (Å²) in [5.41, 5.74) is 3.31. The molecule has 5 nitrogen and oxygen atoms in total. The van der Waals surface area contributed by atoms with E-state index >= 15 is 0 Å². The van der Waals surface area contributed by atoms with E-state index in [1.807, 2.05) is 19.1 Å². The molecule has 2 aromatic carbocycles. The van der Waals surface area contributed by atoms with Gasteiger partial charge in [0.15, 0.2) is 5.11 Å². The van der Waals surface area contributed by atoms with E-state index in [-0.39, 0.29) is 10.7 Å². The van der Waals surface area contributed by atoms with Gasteiger partial charge >= 0.3 is 0 Å². The van der Waals surface area contributed by atoms with E-state index in [2.05, 4.69) is 16.3 Å². The van der Waals surface area contributed by atoms with Crippen LogP contribution in [0.5, 0.6) is 0 Å². The van der Waals surface area contributed by atoms with Gasteiger partial charge in [-0.05, 0) is 92.0 Å². The summed E-state index contributed by atoms with van der Waals surface area (Å²) < 4.78 is 13.3. The quantitative estimate of drug-likeness (QED) is 0.461. The van der Waals surface area contributed by atoms with Crippen LogP contribution in [0, 0.1) is 12.7 Å². The number of hydrogen-bond acceptors (Lipinski definition) is 4. The van der Waals surface area contributed by atoms with Crippen LogP contribution in [-0.4, -0.2) is 30.0 Å². The Labute approximate surface area is 180 Å². The van der Waals surface area contributed by atoms with Crippen molar-refractivity contribution in [2.45, 2.75) is 26.2 Å². The SMILES string of the molecule is Cc1cc(N2CCCCC2)ccc1C=C1C(=O)NC(=S)N(c2ccc(F)cc2)C1=O. The van der Waals surface area contributed by atoms with Crippen molar-refractivity contribution in [3.8, 4) is 0 Å². The van der Waals surface area contributed by atoms with Gasteiger partial charge in [0.2, 0.25) is 0 Å². The van der Waals surface area contributed by atoms with E-state index in [9.17, 15) is 14.0 Å². The highest BCUT2D eigenvalue weighted by molar-refractivity contribution is 7.80. The lowest BCUT2D eigenvalue weighted by molar-refractivity contribution is -0.122. The molecule has 0 spiro atoms. The third-order valence-corrected chi connectivity index (χ3v) is 5.75. The number of nitrogens with zero attached hydrogens (tertiary/aromatic N) is 2. The first-order valence-corrected chi connectivity index (χ1v) is 10.4. The number of carbonyl (C=O) groups is 2. The minimum absolute atomic E-state index is 0.0123. The molecule has 2 fully saturated rings. The summed E-state index contributed by atoms with van der Waals surface area (Å²) in [5.74, 6) is -1.49. The maximum atomic E-state index is 13.3. The van der Waals surface area contributed by atoms with E-state index in [0.717, 1.165) is 29.9 Å². The van der Waals surface area contributed by atoms with Crippen LogP contribution in [0.2, 0.25) is 0 Å². The number of halogens is 1. The molecule has 0 aliphatic carbocycles. The fraction of sp³-hybridized carbons (Fsp3) is 0.261. The van der Waals surface area contributed by atoms with Crippen LogP contribution in [0.1, 0.15) is 30.4 Å². The molecule has 0 bridgehead atoms. The summed E-state index contributed by atoms with van der Waals surface area (Å²) in [6.07, 6.45) is 5.24. The van der Waals surface area contributed by atoms with Gasteiger partial charge < -0.3 is 4.90 Å². The van der Waals surface area contributed by atoms with Crippen molar-refractivity contribution in [2.24, 2.45) is 0 Å². The molecule has 2 amide bonds. The third-order valence-electron chi connectivity index (χ3n) is 5.46. The highest BCUT2D eigenvalue weighted by atomic mass is 32.1. The Bertz CT molecular complexity index is 1040. The van der Waals surface area contributed by atoms with Crippen LogP contribution in [-0.2, 0) is 9.59 Å². The predicted octanol–water partition coefficient (Wildman–Crippen LogP) is 3.96. The average molecular weight is 424 g/mol. The van der Waals surface area contributed by atoms with Crippen molar-refractivity contribution in [3.05, 3.63) is 65.0 Å². The first-order chi connectivity index (χ1) is 14.4. The van der Waals surface area contributed by atoms with Gasteiger partial charge in [0.05, 0.1) is 5.69 Å². The highest BCUT2D eigenvalue weighted by Crippen LogP contribution is 2.26. The zero-order chi connectivity index (χ0) is 21.3. The van der Waals surface area contributed by atoms with Crippen molar-refractivity contribution >= 4 is 46.6 Å². The maximum absolute atomic E-state index is 13.3. The van der Waals surface area contributed by atoms with Gasteiger partial charge in [-0.25, -0.2) is 4.39 Å². The number of aryl methyl sites for hydroxylation is 1. The Morgan fingerprint density at radius 2 is 1.67 bits per heavy atom. The largest absolute Gasteiger partial charge is 0.372 e. The lowest BCUT2D eigenvalue weighted by atomic mass is 10.0. The van der Waals surface area contributed by atoms with Crippen LogP contribution >= 0.6 is 12.2 Å². The second-order valence-electron chi connectivity index (χ2n) is 7.52. The fourth-order valence-corrected chi connectivity index (χ4v) is 4.09.